The summed E-state index contributed by atoms with van der Waals surface area (Å²) in [7, 11) is 1.61. The molecule has 0 spiro atoms. The molecular weight excluding hydrogens is 306 g/mol. The summed E-state index contributed by atoms with van der Waals surface area (Å²) in [5, 5.41) is 5.42. The Balaban J connectivity index is 1.70. The second-order valence-corrected chi connectivity index (χ2v) is 6.12. The van der Waals surface area contributed by atoms with Crippen LogP contribution in [0.1, 0.15) is 36.5 Å². The minimum atomic E-state index is -0.367. The van der Waals surface area contributed by atoms with Gasteiger partial charge in [-0.1, -0.05) is 6.42 Å². The van der Waals surface area contributed by atoms with E-state index in [0.29, 0.717) is 17.8 Å². The third-order valence-electron chi connectivity index (χ3n) is 4.41. The Morgan fingerprint density at radius 3 is 3.04 bits per heavy atom. The van der Waals surface area contributed by atoms with Crippen molar-refractivity contribution in [1.29, 1.82) is 0 Å². The molecule has 3 heterocycles. The lowest BCUT2D eigenvalue weighted by Gasteiger charge is -2.07. The van der Waals surface area contributed by atoms with Crippen LogP contribution < -0.4 is 10.4 Å². The summed E-state index contributed by atoms with van der Waals surface area (Å²) < 4.78 is 12.8. The third-order valence-corrected chi connectivity index (χ3v) is 4.41. The van der Waals surface area contributed by atoms with E-state index in [2.05, 4.69) is 10.1 Å². The van der Waals surface area contributed by atoms with Crippen LogP contribution in [0, 0.1) is 0 Å². The zero-order chi connectivity index (χ0) is 16.5. The average Bonchev–Trinajstić information content (AvgIpc) is 2.82. The van der Waals surface area contributed by atoms with Gasteiger partial charge in [-0.05, 0) is 36.6 Å². The Morgan fingerprint density at radius 2 is 2.17 bits per heavy atom. The van der Waals surface area contributed by atoms with Crippen molar-refractivity contribution in [2.45, 2.75) is 38.6 Å². The van der Waals surface area contributed by atoms with Crippen LogP contribution in [-0.2, 0) is 19.4 Å². The molecule has 0 N–H and O–H groups in total. The fourth-order valence-corrected chi connectivity index (χ4v) is 3.24. The van der Waals surface area contributed by atoms with E-state index >= 15 is 0 Å². The van der Waals surface area contributed by atoms with E-state index in [9.17, 15) is 4.79 Å². The van der Waals surface area contributed by atoms with Crippen LogP contribution in [0.25, 0.3) is 11.0 Å². The number of aryl methyl sites for hydroxylation is 2. The normalized spacial score (nSPS) is 14.4. The van der Waals surface area contributed by atoms with E-state index in [1.165, 1.54) is 18.9 Å². The predicted molar refractivity (Wildman–Crippen MR) is 89.4 cm³/mol. The van der Waals surface area contributed by atoms with E-state index in [-0.39, 0.29) is 5.63 Å². The van der Waals surface area contributed by atoms with Gasteiger partial charge < -0.3 is 9.15 Å². The van der Waals surface area contributed by atoms with Gasteiger partial charge in [0.05, 0.1) is 12.5 Å². The van der Waals surface area contributed by atoms with Crippen LogP contribution in [0.3, 0.4) is 0 Å². The van der Waals surface area contributed by atoms with Crippen LogP contribution in [0.4, 0.5) is 0 Å². The molecule has 0 atom stereocenters. The molecule has 0 amide bonds. The molecule has 6 nitrogen and oxygen atoms in total. The van der Waals surface area contributed by atoms with Crippen LogP contribution in [0.5, 0.6) is 5.75 Å². The van der Waals surface area contributed by atoms with Crippen LogP contribution in [0.15, 0.2) is 33.5 Å². The molecule has 0 saturated carbocycles. The Bertz CT molecular complexity index is 919. The predicted octanol–water partition coefficient (Wildman–Crippen LogP) is 2.71. The number of benzene rings is 1. The summed E-state index contributed by atoms with van der Waals surface area (Å²) in [5.41, 5.74) is 1.13. The largest absolute Gasteiger partial charge is 0.496 e. The summed E-state index contributed by atoms with van der Waals surface area (Å²) in [6.07, 6.45) is 5.15. The highest BCUT2D eigenvalue weighted by atomic mass is 16.5. The zero-order valence-corrected chi connectivity index (χ0v) is 13.6. The topological polar surface area (TPSA) is 70.2 Å². The Kier molecular flexibility index (Phi) is 3.80. The van der Waals surface area contributed by atoms with E-state index in [0.717, 1.165) is 42.0 Å². The summed E-state index contributed by atoms with van der Waals surface area (Å²) in [5.74, 6) is 2.56. The summed E-state index contributed by atoms with van der Waals surface area (Å²) in [4.78, 5) is 16.2. The number of rotatable bonds is 3. The maximum atomic E-state index is 11.5. The van der Waals surface area contributed by atoms with Gasteiger partial charge >= 0.3 is 5.63 Å². The smallest absolute Gasteiger partial charge is 0.336 e. The van der Waals surface area contributed by atoms with Crippen molar-refractivity contribution < 1.29 is 9.15 Å². The molecule has 4 rings (SSSR count). The van der Waals surface area contributed by atoms with Gasteiger partial charge in [0.1, 0.15) is 17.2 Å². The van der Waals surface area contributed by atoms with Gasteiger partial charge in [-0.2, -0.15) is 5.10 Å². The highest BCUT2D eigenvalue weighted by molar-refractivity contribution is 5.84. The SMILES string of the molecule is COc1cc(Cc2nc3n(n2)CCCCC3)cc2oc(=O)ccc12. The van der Waals surface area contributed by atoms with Gasteiger partial charge in [0, 0.05) is 25.5 Å². The van der Waals surface area contributed by atoms with Crippen molar-refractivity contribution in [3.8, 4) is 5.75 Å². The molecule has 3 aromatic rings. The molecule has 0 fully saturated rings. The molecule has 24 heavy (non-hydrogen) atoms. The van der Waals surface area contributed by atoms with E-state index < -0.39 is 0 Å². The molecule has 0 bridgehead atoms. The first kappa shape index (κ1) is 14.9. The Hall–Kier alpha value is -2.63. The molecule has 0 unspecified atom stereocenters. The Labute approximate surface area is 139 Å². The molecule has 0 aliphatic carbocycles. The van der Waals surface area contributed by atoms with Gasteiger partial charge in [-0.25, -0.2) is 14.5 Å². The van der Waals surface area contributed by atoms with Crippen molar-refractivity contribution in [2.75, 3.05) is 7.11 Å². The second-order valence-electron chi connectivity index (χ2n) is 6.12. The molecule has 1 aliphatic rings. The fourth-order valence-electron chi connectivity index (χ4n) is 3.24. The number of methoxy groups -OCH3 is 1. The van der Waals surface area contributed by atoms with Gasteiger partial charge in [0.15, 0.2) is 5.82 Å². The zero-order valence-electron chi connectivity index (χ0n) is 13.6. The van der Waals surface area contributed by atoms with Gasteiger partial charge in [-0.3, -0.25) is 0 Å². The fraction of sp³-hybridized carbons (Fsp3) is 0.389. The second kappa shape index (κ2) is 6.11. The van der Waals surface area contributed by atoms with E-state index in [4.69, 9.17) is 9.15 Å². The lowest BCUT2D eigenvalue weighted by Crippen LogP contribution is -2.02. The molecule has 2 aromatic heterocycles. The number of nitrogens with zero attached hydrogens (tertiary/aromatic N) is 3. The van der Waals surface area contributed by atoms with E-state index in [1.54, 1.807) is 13.2 Å². The first-order valence-corrected chi connectivity index (χ1v) is 8.26. The number of fused-ring (bicyclic) bond motifs is 2. The third kappa shape index (κ3) is 2.79. The maximum Gasteiger partial charge on any atom is 0.336 e. The maximum absolute atomic E-state index is 11.5. The molecule has 0 saturated heterocycles. The molecule has 1 aromatic carbocycles. The summed E-state index contributed by atoms with van der Waals surface area (Å²) in [6, 6.07) is 6.94. The van der Waals surface area contributed by atoms with Crippen LogP contribution in [0.2, 0.25) is 0 Å². The molecular formula is C18H19N3O3. The molecule has 124 valence electrons. The lowest BCUT2D eigenvalue weighted by molar-refractivity contribution is 0.418. The molecule has 0 radical (unpaired) electrons. The number of ether oxygens (including phenoxy) is 1. The summed E-state index contributed by atoms with van der Waals surface area (Å²) in [6.45, 7) is 0.943. The van der Waals surface area contributed by atoms with Gasteiger partial charge in [0.2, 0.25) is 0 Å². The van der Waals surface area contributed by atoms with Gasteiger partial charge in [-0.15, -0.1) is 0 Å². The van der Waals surface area contributed by atoms with E-state index in [1.807, 2.05) is 16.8 Å². The minimum Gasteiger partial charge on any atom is -0.496 e. The van der Waals surface area contributed by atoms with Crippen molar-refractivity contribution in [3.63, 3.8) is 0 Å². The number of hydrogen-bond acceptors (Lipinski definition) is 5. The highest BCUT2D eigenvalue weighted by Gasteiger charge is 2.14. The number of aromatic nitrogens is 3. The molecule has 1 aliphatic heterocycles. The van der Waals surface area contributed by atoms with Gasteiger partial charge in [0.25, 0.3) is 0 Å². The highest BCUT2D eigenvalue weighted by Crippen LogP contribution is 2.27. The number of hydrogen-bond donors (Lipinski definition) is 0. The van der Waals surface area contributed by atoms with Crippen molar-refractivity contribution in [1.82, 2.24) is 14.8 Å². The van der Waals surface area contributed by atoms with Crippen molar-refractivity contribution >= 4 is 11.0 Å². The van der Waals surface area contributed by atoms with Crippen LogP contribution >= 0.6 is 0 Å². The average molecular weight is 325 g/mol. The van der Waals surface area contributed by atoms with Crippen LogP contribution in [-0.4, -0.2) is 21.9 Å². The standard InChI is InChI=1S/C18H19N3O3/c1-23-14-9-12(10-15-13(14)6-7-18(22)24-15)11-16-19-17-5-3-2-4-8-21(17)20-16/h6-7,9-10H,2-5,8,11H2,1H3. The molecule has 6 heteroatoms. The Morgan fingerprint density at radius 1 is 1.25 bits per heavy atom. The monoisotopic (exact) mass is 325 g/mol. The summed E-state index contributed by atoms with van der Waals surface area (Å²) >= 11 is 0. The minimum absolute atomic E-state index is 0.367. The quantitative estimate of drug-likeness (QED) is 0.693. The first-order valence-electron chi connectivity index (χ1n) is 8.26. The first-order chi connectivity index (χ1) is 11.7. The van der Waals surface area contributed by atoms with Crippen molar-refractivity contribution in [3.05, 3.63) is 51.9 Å². The lowest BCUT2D eigenvalue weighted by atomic mass is 10.1. The van der Waals surface area contributed by atoms with Crippen molar-refractivity contribution in [2.24, 2.45) is 0 Å².